The molecule has 170 valence electrons. The van der Waals surface area contributed by atoms with E-state index in [1.165, 1.54) is 49.3 Å². The highest BCUT2D eigenvalue weighted by atomic mass is 33.1. The molecule has 0 amide bonds. The van der Waals surface area contributed by atoms with Crippen LogP contribution in [0.5, 0.6) is 0 Å². The van der Waals surface area contributed by atoms with E-state index in [2.05, 4.69) is 0 Å². The minimum absolute atomic E-state index is 0.245. The summed E-state index contributed by atoms with van der Waals surface area (Å²) in [4.78, 5) is 47.5. The third-order valence-electron chi connectivity index (χ3n) is 3.93. The average Bonchev–Trinajstić information content (AvgIpc) is 2.68. The van der Waals surface area contributed by atoms with E-state index in [0.29, 0.717) is 0 Å². The minimum Gasteiger partial charge on any atom is -0.463 e. The fraction of sp³-hybridized carbons (Fsp3) is 0.500. The van der Waals surface area contributed by atoms with Crippen molar-refractivity contribution in [2.75, 3.05) is 6.61 Å². The average molecular weight is 473 g/mol. The van der Waals surface area contributed by atoms with E-state index in [-0.39, 0.29) is 6.61 Å². The van der Waals surface area contributed by atoms with Crippen LogP contribution in [0, 0.1) is 0 Å². The molecule has 9 nitrogen and oxygen atoms in total. The van der Waals surface area contributed by atoms with Crippen molar-refractivity contribution in [2.24, 2.45) is 0 Å². The van der Waals surface area contributed by atoms with Crippen LogP contribution in [-0.2, 0) is 42.9 Å². The van der Waals surface area contributed by atoms with Gasteiger partial charge in [-0.05, 0) is 12.1 Å². The number of esters is 4. The molecule has 31 heavy (non-hydrogen) atoms. The molecule has 0 unspecified atom stereocenters. The van der Waals surface area contributed by atoms with Crippen molar-refractivity contribution < 1.29 is 42.9 Å². The fourth-order valence-corrected chi connectivity index (χ4v) is 5.24. The molecule has 0 spiro atoms. The second-order valence-electron chi connectivity index (χ2n) is 6.56. The Balaban J connectivity index is 2.35. The zero-order chi connectivity index (χ0) is 23.0. The molecule has 1 aromatic rings. The van der Waals surface area contributed by atoms with Gasteiger partial charge in [0.05, 0.1) is 0 Å². The Morgan fingerprint density at radius 1 is 0.806 bits per heavy atom. The quantitative estimate of drug-likeness (QED) is 0.316. The van der Waals surface area contributed by atoms with Crippen LogP contribution in [0.4, 0.5) is 0 Å². The number of ether oxygens (including phenoxy) is 5. The van der Waals surface area contributed by atoms with Crippen LogP contribution in [0.1, 0.15) is 27.7 Å². The lowest BCUT2D eigenvalue weighted by Gasteiger charge is -2.43. The smallest absolute Gasteiger partial charge is 0.303 e. The lowest BCUT2D eigenvalue weighted by Crippen LogP contribution is -2.61. The lowest BCUT2D eigenvalue weighted by atomic mass is 9.99. The SMILES string of the molecule is CC(=O)OC[C@H]1O[C@@H](SSc2ccccc2)[C@H](OC(C)=O)[C@@H](OC(C)=O)[C@H]1OC(C)=O. The standard InChI is InChI=1S/C20H24O9S2/c1-11(21)25-10-16-17(26-12(2)22)18(27-13(3)23)19(28-14(4)24)20(29-16)31-30-15-8-6-5-7-9-15/h5-9,16-20H,10H2,1-4H3/t16-,17+,18+,19-,20+/m1/s1. The summed E-state index contributed by atoms with van der Waals surface area (Å²) in [7, 11) is 2.60. The fourth-order valence-electron chi connectivity index (χ4n) is 2.85. The van der Waals surface area contributed by atoms with Crippen molar-refractivity contribution in [3.63, 3.8) is 0 Å². The summed E-state index contributed by atoms with van der Waals surface area (Å²) >= 11 is 0. The van der Waals surface area contributed by atoms with Gasteiger partial charge < -0.3 is 23.7 Å². The van der Waals surface area contributed by atoms with Crippen LogP contribution in [0.2, 0.25) is 0 Å². The summed E-state index contributed by atoms with van der Waals surface area (Å²) in [6.45, 7) is 4.56. The van der Waals surface area contributed by atoms with Gasteiger partial charge >= 0.3 is 23.9 Å². The van der Waals surface area contributed by atoms with Crippen molar-refractivity contribution in [2.45, 2.75) is 62.4 Å². The summed E-state index contributed by atoms with van der Waals surface area (Å²) in [5.74, 6) is -2.50. The molecule has 2 rings (SSSR count). The third kappa shape index (κ3) is 8.08. The van der Waals surface area contributed by atoms with Gasteiger partial charge in [-0.2, -0.15) is 0 Å². The maximum absolute atomic E-state index is 11.8. The number of benzene rings is 1. The summed E-state index contributed by atoms with van der Waals surface area (Å²) in [6.07, 6.45) is -4.32. The second-order valence-corrected chi connectivity index (χ2v) is 8.93. The zero-order valence-corrected chi connectivity index (χ0v) is 19.1. The normalized spacial score (nSPS) is 25.2. The minimum atomic E-state index is -1.16. The van der Waals surface area contributed by atoms with E-state index in [1.54, 1.807) is 0 Å². The van der Waals surface area contributed by atoms with Crippen LogP contribution < -0.4 is 0 Å². The molecular weight excluding hydrogens is 448 g/mol. The van der Waals surface area contributed by atoms with Gasteiger partial charge in [-0.1, -0.05) is 39.8 Å². The van der Waals surface area contributed by atoms with Gasteiger partial charge in [0.1, 0.15) is 12.7 Å². The Kier molecular flexibility index (Phi) is 9.66. The number of carbonyl (C=O) groups excluding carboxylic acids is 4. The molecule has 1 saturated heterocycles. The molecular formula is C20H24O9S2. The molecule has 5 atom stereocenters. The van der Waals surface area contributed by atoms with Gasteiger partial charge in [0.2, 0.25) is 0 Å². The summed E-state index contributed by atoms with van der Waals surface area (Å²) in [5.41, 5.74) is -0.814. The molecule has 1 aliphatic heterocycles. The first-order valence-electron chi connectivity index (χ1n) is 9.36. The number of hydrogen-bond acceptors (Lipinski definition) is 11. The highest BCUT2D eigenvalue weighted by Crippen LogP contribution is 2.42. The molecule has 0 bridgehead atoms. The molecule has 0 radical (unpaired) electrons. The molecule has 0 saturated carbocycles. The number of rotatable bonds is 8. The molecule has 11 heteroatoms. The predicted octanol–water partition coefficient (Wildman–Crippen LogP) is 2.51. The van der Waals surface area contributed by atoms with Gasteiger partial charge in [0.15, 0.2) is 23.7 Å². The maximum atomic E-state index is 11.8. The molecule has 0 aliphatic carbocycles. The van der Waals surface area contributed by atoms with Crippen molar-refractivity contribution in [3.8, 4) is 0 Å². The van der Waals surface area contributed by atoms with E-state index in [1.807, 2.05) is 30.3 Å². The lowest BCUT2D eigenvalue weighted by molar-refractivity contribution is -0.237. The zero-order valence-electron chi connectivity index (χ0n) is 17.5. The topological polar surface area (TPSA) is 114 Å². The van der Waals surface area contributed by atoms with Crippen LogP contribution in [0.25, 0.3) is 0 Å². The molecule has 1 heterocycles. The van der Waals surface area contributed by atoms with Crippen LogP contribution >= 0.6 is 21.6 Å². The van der Waals surface area contributed by atoms with Gasteiger partial charge in [-0.3, -0.25) is 19.2 Å². The largest absolute Gasteiger partial charge is 0.463 e. The van der Waals surface area contributed by atoms with Crippen LogP contribution in [0.15, 0.2) is 35.2 Å². The Hall–Kier alpha value is -2.24. The second kappa shape index (κ2) is 12.0. The van der Waals surface area contributed by atoms with E-state index in [9.17, 15) is 19.2 Å². The monoisotopic (exact) mass is 472 g/mol. The van der Waals surface area contributed by atoms with Gasteiger partial charge in [-0.25, -0.2) is 0 Å². The summed E-state index contributed by atoms with van der Waals surface area (Å²) < 4.78 is 27.2. The molecule has 0 aromatic heterocycles. The summed E-state index contributed by atoms with van der Waals surface area (Å²) in [5, 5.41) is 0. The van der Waals surface area contributed by atoms with Crippen molar-refractivity contribution in [1.82, 2.24) is 0 Å². The first-order valence-corrected chi connectivity index (χ1v) is 11.6. The van der Waals surface area contributed by atoms with E-state index in [4.69, 9.17) is 23.7 Å². The molecule has 1 aliphatic rings. The first kappa shape index (κ1) is 25.0. The van der Waals surface area contributed by atoms with Crippen LogP contribution in [-0.4, -0.2) is 60.3 Å². The highest BCUT2D eigenvalue weighted by Gasteiger charge is 2.52. The third-order valence-corrected chi connectivity index (χ3v) is 6.50. The first-order chi connectivity index (χ1) is 14.7. The van der Waals surface area contributed by atoms with Gasteiger partial charge in [-0.15, -0.1) is 0 Å². The molecule has 1 aromatic carbocycles. The van der Waals surface area contributed by atoms with Gasteiger partial charge in [0.25, 0.3) is 0 Å². The predicted molar refractivity (Wildman–Crippen MR) is 112 cm³/mol. The number of carbonyl (C=O) groups is 4. The van der Waals surface area contributed by atoms with E-state index < -0.39 is 53.7 Å². The Morgan fingerprint density at radius 3 is 1.90 bits per heavy atom. The molecule has 0 N–H and O–H groups in total. The summed E-state index contributed by atoms with van der Waals surface area (Å²) in [6, 6.07) is 9.40. The van der Waals surface area contributed by atoms with Crippen molar-refractivity contribution in [3.05, 3.63) is 30.3 Å². The van der Waals surface area contributed by atoms with Crippen molar-refractivity contribution >= 4 is 45.5 Å². The Morgan fingerprint density at radius 2 is 1.35 bits per heavy atom. The van der Waals surface area contributed by atoms with Gasteiger partial charge in [0, 0.05) is 32.6 Å². The van der Waals surface area contributed by atoms with Crippen LogP contribution in [0.3, 0.4) is 0 Å². The van der Waals surface area contributed by atoms with E-state index in [0.717, 1.165) is 4.90 Å². The molecule has 1 fully saturated rings. The Labute approximate surface area is 187 Å². The Bertz CT molecular complexity index is 786. The highest BCUT2D eigenvalue weighted by molar-refractivity contribution is 8.76. The number of hydrogen-bond donors (Lipinski definition) is 0. The van der Waals surface area contributed by atoms with E-state index >= 15 is 0 Å². The van der Waals surface area contributed by atoms with Crippen molar-refractivity contribution in [1.29, 1.82) is 0 Å². The maximum Gasteiger partial charge on any atom is 0.303 e.